The van der Waals surface area contributed by atoms with Gasteiger partial charge in [0.25, 0.3) is 5.69 Å². The zero-order valence-corrected chi connectivity index (χ0v) is 11.3. The van der Waals surface area contributed by atoms with Gasteiger partial charge in [-0.05, 0) is 12.5 Å². The number of nitro benzene ring substituents is 1. The van der Waals surface area contributed by atoms with Crippen molar-refractivity contribution in [1.29, 1.82) is 0 Å². The summed E-state index contributed by atoms with van der Waals surface area (Å²) in [6.07, 6.45) is 0.649. The molecular weight excluding hydrogens is 264 g/mol. The molecule has 1 heterocycles. The zero-order chi connectivity index (χ0) is 14.8. The average molecular weight is 280 g/mol. The van der Waals surface area contributed by atoms with Crippen LogP contribution in [-0.2, 0) is 9.53 Å². The van der Waals surface area contributed by atoms with E-state index in [1.54, 1.807) is 0 Å². The Bertz CT molecular complexity index is 534. The first-order valence-electron chi connectivity index (χ1n) is 6.24. The van der Waals surface area contributed by atoms with Gasteiger partial charge in [-0.15, -0.1) is 0 Å². The molecular formula is C13H16N2O5. The minimum atomic E-state index is -0.546. The standard InChI is InChI=1S/C13H16N2O5/c1-3-13(7-20-8-13)12(16)14-10-6-9(15(17)18)4-5-11(10)19-2/h4-6H,3,7-8H2,1-2H3,(H,14,16). The SMILES string of the molecule is CCC1(C(=O)Nc2cc([N+](=O)[O-])ccc2OC)COC1. The first kappa shape index (κ1) is 14.3. The van der Waals surface area contributed by atoms with Gasteiger partial charge < -0.3 is 14.8 Å². The molecule has 1 aliphatic heterocycles. The number of benzene rings is 1. The van der Waals surface area contributed by atoms with E-state index in [4.69, 9.17) is 9.47 Å². The van der Waals surface area contributed by atoms with E-state index in [1.807, 2.05) is 6.92 Å². The Morgan fingerprint density at radius 1 is 1.55 bits per heavy atom. The molecule has 0 radical (unpaired) electrons. The molecule has 1 saturated heterocycles. The highest BCUT2D eigenvalue weighted by Gasteiger charge is 2.44. The minimum absolute atomic E-state index is 0.100. The van der Waals surface area contributed by atoms with E-state index in [0.29, 0.717) is 31.1 Å². The topological polar surface area (TPSA) is 90.7 Å². The molecule has 1 N–H and O–H groups in total. The van der Waals surface area contributed by atoms with Crippen LogP contribution in [0.15, 0.2) is 18.2 Å². The van der Waals surface area contributed by atoms with E-state index in [-0.39, 0.29) is 11.6 Å². The predicted octanol–water partition coefficient (Wildman–Crippen LogP) is 1.97. The second-order valence-electron chi connectivity index (χ2n) is 4.72. The van der Waals surface area contributed by atoms with Crippen molar-refractivity contribution in [2.24, 2.45) is 5.41 Å². The van der Waals surface area contributed by atoms with Crippen LogP contribution in [0.5, 0.6) is 5.75 Å². The maximum absolute atomic E-state index is 12.3. The molecule has 7 heteroatoms. The lowest BCUT2D eigenvalue weighted by Crippen LogP contribution is -2.51. The smallest absolute Gasteiger partial charge is 0.271 e. The number of non-ortho nitro benzene ring substituents is 1. The fourth-order valence-electron chi connectivity index (χ4n) is 2.01. The summed E-state index contributed by atoms with van der Waals surface area (Å²) in [4.78, 5) is 22.6. The highest BCUT2D eigenvalue weighted by atomic mass is 16.6. The van der Waals surface area contributed by atoms with Crippen LogP contribution in [0.25, 0.3) is 0 Å². The van der Waals surface area contributed by atoms with E-state index >= 15 is 0 Å². The number of rotatable bonds is 5. The van der Waals surface area contributed by atoms with E-state index < -0.39 is 10.3 Å². The molecule has 0 saturated carbocycles. The quantitative estimate of drug-likeness (QED) is 0.657. The molecule has 7 nitrogen and oxygen atoms in total. The third kappa shape index (κ3) is 2.44. The van der Waals surface area contributed by atoms with Gasteiger partial charge in [0.05, 0.1) is 36.3 Å². The van der Waals surface area contributed by atoms with Crippen LogP contribution < -0.4 is 10.1 Å². The van der Waals surface area contributed by atoms with Gasteiger partial charge in [-0.1, -0.05) is 6.92 Å². The first-order valence-corrected chi connectivity index (χ1v) is 6.24. The molecule has 0 spiro atoms. The number of nitrogens with one attached hydrogen (secondary N) is 1. The maximum atomic E-state index is 12.3. The van der Waals surface area contributed by atoms with Crippen molar-refractivity contribution < 1.29 is 19.2 Å². The summed E-state index contributed by atoms with van der Waals surface area (Å²) in [6.45, 7) is 2.64. The van der Waals surface area contributed by atoms with Gasteiger partial charge in [-0.3, -0.25) is 14.9 Å². The highest BCUT2D eigenvalue weighted by molar-refractivity contribution is 5.97. The van der Waals surface area contributed by atoms with Crippen molar-refractivity contribution in [1.82, 2.24) is 0 Å². The third-order valence-electron chi connectivity index (χ3n) is 3.56. The molecule has 20 heavy (non-hydrogen) atoms. The normalized spacial score (nSPS) is 16.1. The van der Waals surface area contributed by atoms with Crippen molar-refractivity contribution in [3.63, 3.8) is 0 Å². The van der Waals surface area contributed by atoms with Crippen molar-refractivity contribution in [2.75, 3.05) is 25.6 Å². The maximum Gasteiger partial charge on any atom is 0.271 e. The Labute approximate surface area is 116 Å². The second-order valence-corrected chi connectivity index (χ2v) is 4.72. The van der Waals surface area contributed by atoms with Crippen LogP contribution in [0.3, 0.4) is 0 Å². The molecule has 2 rings (SSSR count). The van der Waals surface area contributed by atoms with E-state index in [9.17, 15) is 14.9 Å². The highest BCUT2D eigenvalue weighted by Crippen LogP contribution is 2.35. The molecule has 0 unspecified atom stereocenters. The van der Waals surface area contributed by atoms with Gasteiger partial charge in [0.1, 0.15) is 5.75 Å². The lowest BCUT2D eigenvalue weighted by Gasteiger charge is -2.39. The van der Waals surface area contributed by atoms with E-state index in [0.717, 1.165) is 0 Å². The molecule has 0 aromatic heterocycles. The fraction of sp³-hybridized carbons (Fsp3) is 0.462. The summed E-state index contributed by atoms with van der Waals surface area (Å²) in [6, 6.07) is 4.08. The summed E-state index contributed by atoms with van der Waals surface area (Å²) in [5.41, 5.74) is -0.349. The van der Waals surface area contributed by atoms with Gasteiger partial charge >= 0.3 is 0 Å². The molecule has 1 fully saturated rings. The van der Waals surface area contributed by atoms with Crippen LogP contribution >= 0.6 is 0 Å². The number of carbonyl (C=O) groups is 1. The van der Waals surface area contributed by atoms with Crippen LogP contribution in [0.2, 0.25) is 0 Å². The molecule has 108 valence electrons. The summed E-state index contributed by atoms with van der Waals surface area (Å²) < 4.78 is 10.2. The van der Waals surface area contributed by atoms with Crippen LogP contribution in [0.4, 0.5) is 11.4 Å². The van der Waals surface area contributed by atoms with Crippen LogP contribution in [0, 0.1) is 15.5 Å². The Morgan fingerprint density at radius 2 is 2.25 bits per heavy atom. The molecule has 1 aromatic carbocycles. The Kier molecular flexibility index (Phi) is 3.89. The number of hydrogen-bond acceptors (Lipinski definition) is 5. The summed E-state index contributed by atoms with van der Waals surface area (Å²) >= 11 is 0. The van der Waals surface area contributed by atoms with E-state index in [2.05, 4.69) is 5.32 Å². The fourth-order valence-corrected chi connectivity index (χ4v) is 2.01. The van der Waals surface area contributed by atoms with Gasteiger partial charge in [-0.2, -0.15) is 0 Å². The first-order chi connectivity index (χ1) is 9.52. The summed E-state index contributed by atoms with van der Waals surface area (Å²) in [5, 5.41) is 13.5. The number of methoxy groups -OCH3 is 1. The Balaban J connectivity index is 2.25. The van der Waals surface area contributed by atoms with Crippen molar-refractivity contribution in [2.45, 2.75) is 13.3 Å². The lowest BCUT2D eigenvalue weighted by atomic mass is 9.82. The third-order valence-corrected chi connectivity index (χ3v) is 3.56. The van der Waals surface area contributed by atoms with Gasteiger partial charge in [0, 0.05) is 12.1 Å². The lowest BCUT2D eigenvalue weighted by molar-refractivity contribution is -0.384. The minimum Gasteiger partial charge on any atom is -0.495 e. The summed E-state index contributed by atoms with van der Waals surface area (Å²) in [5.74, 6) is 0.181. The number of carbonyl (C=O) groups excluding carboxylic acids is 1. The van der Waals surface area contributed by atoms with Crippen molar-refractivity contribution in [3.05, 3.63) is 28.3 Å². The Morgan fingerprint density at radius 3 is 2.70 bits per heavy atom. The average Bonchev–Trinajstić information content (AvgIpc) is 2.37. The number of hydrogen-bond donors (Lipinski definition) is 1. The van der Waals surface area contributed by atoms with Crippen LogP contribution in [0.1, 0.15) is 13.3 Å². The molecule has 1 amide bonds. The second kappa shape index (κ2) is 5.46. The zero-order valence-electron chi connectivity index (χ0n) is 11.3. The monoisotopic (exact) mass is 280 g/mol. The van der Waals surface area contributed by atoms with Gasteiger partial charge in [0.15, 0.2) is 0 Å². The van der Waals surface area contributed by atoms with Gasteiger partial charge in [-0.25, -0.2) is 0 Å². The van der Waals surface area contributed by atoms with Crippen molar-refractivity contribution >= 4 is 17.3 Å². The van der Waals surface area contributed by atoms with Gasteiger partial charge in [0.2, 0.25) is 5.91 Å². The molecule has 0 bridgehead atoms. The molecule has 1 aromatic rings. The molecule has 1 aliphatic rings. The number of nitrogens with zero attached hydrogens (tertiary/aromatic N) is 1. The molecule has 0 atom stereocenters. The number of ether oxygens (including phenoxy) is 2. The number of anilines is 1. The Hall–Kier alpha value is -2.15. The van der Waals surface area contributed by atoms with E-state index in [1.165, 1.54) is 25.3 Å². The number of amides is 1. The largest absolute Gasteiger partial charge is 0.495 e. The van der Waals surface area contributed by atoms with Crippen molar-refractivity contribution in [3.8, 4) is 5.75 Å². The predicted molar refractivity (Wildman–Crippen MR) is 71.8 cm³/mol. The molecule has 0 aliphatic carbocycles. The van der Waals surface area contributed by atoms with Crippen LogP contribution in [-0.4, -0.2) is 31.2 Å². The number of nitro groups is 1. The summed E-state index contributed by atoms with van der Waals surface area (Å²) in [7, 11) is 1.44.